The normalized spacial score (nSPS) is 14.3. The van der Waals surface area contributed by atoms with E-state index in [0.29, 0.717) is 5.75 Å². The van der Waals surface area contributed by atoms with E-state index in [4.69, 9.17) is 4.74 Å². The van der Waals surface area contributed by atoms with Crippen LogP contribution in [0.4, 0.5) is 4.79 Å². The number of carbonyl (C=O) groups excluding carboxylic acids is 2. The van der Waals surface area contributed by atoms with Crippen LogP contribution in [0.5, 0.6) is 5.75 Å². The molecule has 1 fully saturated rings. The molecule has 2 aromatic rings. The number of ether oxygens (including phenoxy) is 1. The predicted molar refractivity (Wildman–Crippen MR) is 96.7 cm³/mol. The lowest BCUT2D eigenvalue weighted by atomic mass is 10.2. The first kappa shape index (κ1) is 17.4. The van der Waals surface area contributed by atoms with Gasteiger partial charge in [0, 0.05) is 22.7 Å². The lowest BCUT2D eigenvalue weighted by molar-refractivity contribution is -0.122. The van der Waals surface area contributed by atoms with Crippen LogP contribution in [0.15, 0.2) is 29.6 Å². The van der Waals surface area contributed by atoms with E-state index in [0.717, 1.165) is 41.9 Å². The smallest absolute Gasteiger partial charge is 0.321 e. The van der Waals surface area contributed by atoms with E-state index in [1.807, 2.05) is 24.4 Å². The molecule has 1 saturated carbocycles. The SMILES string of the molecule is Cc1csc(-c2ccc(OCC(=O)NC(=O)NC3CCCC3)cc2)n1. The Morgan fingerprint density at radius 3 is 2.60 bits per heavy atom. The highest BCUT2D eigenvalue weighted by molar-refractivity contribution is 7.13. The van der Waals surface area contributed by atoms with Gasteiger partial charge in [0.1, 0.15) is 10.8 Å². The number of amides is 3. The molecule has 1 aliphatic carbocycles. The quantitative estimate of drug-likeness (QED) is 0.859. The highest BCUT2D eigenvalue weighted by Gasteiger charge is 2.18. The number of aromatic nitrogens is 1. The van der Waals surface area contributed by atoms with Gasteiger partial charge in [0.2, 0.25) is 0 Å². The van der Waals surface area contributed by atoms with Gasteiger partial charge in [0.25, 0.3) is 5.91 Å². The Bertz CT molecular complexity index is 736. The monoisotopic (exact) mass is 359 g/mol. The third-order valence-corrected chi connectivity index (χ3v) is 5.04. The zero-order valence-corrected chi connectivity index (χ0v) is 14.9. The van der Waals surface area contributed by atoms with Crippen LogP contribution in [-0.2, 0) is 4.79 Å². The molecule has 7 heteroatoms. The standard InChI is InChI=1S/C18H21N3O3S/c1-12-11-25-17(19-12)13-6-8-15(9-7-13)24-10-16(22)21-18(23)20-14-4-2-3-5-14/h6-9,11,14H,2-5,10H2,1H3,(H2,20,21,22,23). The summed E-state index contributed by atoms with van der Waals surface area (Å²) in [6.45, 7) is 1.76. The molecule has 1 aromatic carbocycles. The summed E-state index contributed by atoms with van der Waals surface area (Å²) in [5.41, 5.74) is 2.00. The Labute approximate surface area is 150 Å². The van der Waals surface area contributed by atoms with E-state index < -0.39 is 11.9 Å². The third kappa shape index (κ3) is 5.03. The molecule has 0 atom stereocenters. The topological polar surface area (TPSA) is 80.3 Å². The van der Waals surface area contributed by atoms with Gasteiger partial charge in [-0.1, -0.05) is 12.8 Å². The zero-order chi connectivity index (χ0) is 17.6. The van der Waals surface area contributed by atoms with Crippen molar-refractivity contribution >= 4 is 23.3 Å². The molecule has 0 bridgehead atoms. The molecule has 0 radical (unpaired) electrons. The first-order chi connectivity index (χ1) is 12.1. The fraction of sp³-hybridized carbons (Fsp3) is 0.389. The molecule has 132 valence electrons. The van der Waals surface area contributed by atoms with Crippen molar-refractivity contribution in [1.29, 1.82) is 0 Å². The summed E-state index contributed by atoms with van der Waals surface area (Å²) >= 11 is 1.59. The minimum atomic E-state index is -0.463. The lowest BCUT2D eigenvalue weighted by Crippen LogP contribution is -2.45. The predicted octanol–water partition coefficient (Wildman–Crippen LogP) is 3.27. The van der Waals surface area contributed by atoms with Gasteiger partial charge >= 0.3 is 6.03 Å². The van der Waals surface area contributed by atoms with Crippen LogP contribution in [0.2, 0.25) is 0 Å². The summed E-state index contributed by atoms with van der Waals surface area (Å²) in [6.07, 6.45) is 4.20. The second-order valence-electron chi connectivity index (χ2n) is 6.11. The van der Waals surface area contributed by atoms with Gasteiger partial charge in [-0.25, -0.2) is 9.78 Å². The summed E-state index contributed by atoms with van der Waals surface area (Å²) in [6, 6.07) is 7.11. The van der Waals surface area contributed by atoms with Crippen molar-refractivity contribution in [3.05, 3.63) is 35.3 Å². The van der Waals surface area contributed by atoms with Gasteiger partial charge in [-0.2, -0.15) is 0 Å². The average Bonchev–Trinajstić information content (AvgIpc) is 3.25. The molecular formula is C18H21N3O3S. The van der Waals surface area contributed by atoms with Gasteiger partial charge in [-0.3, -0.25) is 10.1 Å². The van der Waals surface area contributed by atoms with Crippen molar-refractivity contribution in [2.24, 2.45) is 0 Å². The van der Waals surface area contributed by atoms with Crippen molar-refractivity contribution in [3.8, 4) is 16.3 Å². The van der Waals surface area contributed by atoms with Crippen molar-refractivity contribution in [1.82, 2.24) is 15.6 Å². The van der Waals surface area contributed by atoms with Gasteiger partial charge in [-0.05, 0) is 44.0 Å². The number of nitrogens with one attached hydrogen (secondary N) is 2. The van der Waals surface area contributed by atoms with Crippen molar-refractivity contribution in [2.75, 3.05) is 6.61 Å². The fourth-order valence-electron chi connectivity index (χ4n) is 2.78. The van der Waals surface area contributed by atoms with E-state index >= 15 is 0 Å². The van der Waals surface area contributed by atoms with Crippen LogP contribution in [0.25, 0.3) is 10.6 Å². The fourth-order valence-corrected chi connectivity index (χ4v) is 3.59. The molecule has 3 amide bonds. The number of carbonyl (C=O) groups is 2. The molecule has 0 unspecified atom stereocenters. The van der Waals surface area contributed by atoms with Crippen LogP contribution in [0, 0.1) is 6.92 Å². The Balaban J connectivity index is 1.44. The molecule has 2 N–H and O–H groups in total. The minimum absolute atomic E-state index is 0.177. The summed E-state index contributed by atoms with van der Waals surface area (Å²) in [7, 11) is 0. The number of benzene rings is 1. The summed E-state index contributed by atoms with van der Waals surface area (Å²) in [5.74, 6) is 0.110. The number of imide groups is 1. The molecule has 0 saturated heterocycles. The van der Waals surface area contributed by atoms with E-state index in [1.54, 1.807) is 23.5 Å². The van der Waals surface area contributed by atoms with Crippen LogP contribution in [0.3, 0.4) is 0 Å². The molecule has 1 heterocycles. The molecular weight excluding hydrogens is 338 g/mol. The van der Waals surface area contributed by atoms with Crippen LogP contribution >= 0.6 is 11.3 Å². The van der Waals surface area contributed by atoms with Crippen molar-refractivity contribution in [3.63, 3.8) is 0 Å². The van der Waals surface area contributed by atoms with Crippen molar-refractivity contribution < 1.29 is 14.3 Å². The maximum absolute atomic E-state index is 11.8. The van der Waals surface area contributed by atoms with Gasteiger partial charge in [0.15, 0.2) is 6.61 Å². The minimum Gasteiger partial charge on any atom is -0.484 e. The summed E-state index contributed by atoms with van der Waals surface area (Å²) in [5, 5.41) is 8.05. The number of aryl methyl sites for hydroxylation is 1. The maximum atomic E-state index is 11.8. The highest BCUT2D eigenvalue weighted by Crippen LogP contribution is 2.25. The zero-order valence-electron chi connectivity index (χ0n) is 14.1. The lowest BCUT2D eigenvalue weighted by Gasteiger charge is -2.12. The first-order valence-electron chi connectivity index (χ1n) is 8.36. The largest absolute Gasteiger partial charge is 0.484 e. The molecule has 6 nitrogen and oxygen atoms in total. The highest BCUT2D eigenvalue weighted by atomic mass is 32.1. The molecule has 3 rings (SSSR count). The van der Waals surface area contributed by atoms with Crippen molar-refractivity contribution in [2.45, 2.75) is 38.6 Å². The number of urea groups is 1. The molecule has 1 aromatic heterocycles. The number of hydrogen-bond acceptors (Lipinski definition) is 5. The first-order valence-corrected chi connectivity index (χ1v) is 9.24. The number of nitrogens with zero attached hydrogens (tertiary/aromatic N) is 1. The average molecular weight is 359 g/mol. The number of rotatable bonds is 5. The third-order valence-electron chi connectivity index (χ3n) is 4.03. The molecule has 0 aliphatic heterocycles. The Hall–Kier alpha value is -2.41. The summed E-state index contributed by atoms with van der Waals surface area (Å²) < 4.78 is 5.43. The van der Waals surface area contributed by atoms with Gasteiger partial charge in [0.05, 0.1) is 0 Å². The number of hydrogen-bond donors (Lipinski definition) is 2. The number of thiazole rings is 1. The van der Waals surface area contributed by atoms with Gasteiger partial charge in [-0.15, -0.1) is 11.3 Å². The summed E-state index contributed by atoms with van der Waals surface area (Å²) in [4.78, 5) is 27.9. The van der Waals surface area contributed by atoms with E-state index in [1.165, 1.54) is 0 Å². The Morgan fingerprint density at radius 1 is 1.24 bits per heavy atom. The van der Waals surface area contributed by atoms with E-state index in [9.17, 15) is 9.59 Å². The Kier molecular flexibility index (Phi) is 5.65. The second kappa shape index (κ2) is 8.11. The van der Waals surface area contributed by atoms with E-state index in [2.05, 4.69) is 15.6 Å². The van der Waals surface area contributed by atoms with Crippen LogP contribution in [0.1, 0.15) is 31.4 Å². The molecule has 0 spiro atoms. The molecule has 1 aliphatic rings. The van der Waals surface area contributed by atoms with Crippen LogP contribution in [-0.4, -0.2) is 29.6 Å². The maximum Gasteiger partial charge on any atom is 0.321 e. The second-order valence-corrected chi connectivity index (χ2v) is 6.97. The van der Waals surface area contributed by atoms with Gasteiger partial charge < -0.3 is 10.1 Å². The Morgan fingerprint density at radius 2 is 1.96 bits per heavy atom. The molecule has 25 heavy (non-hydrogen) atoms. The van der Waals surface area contributed by atoms with Crippen LogP contribution < -0.4 is 15.4 Å². The van der Waals surface area contributed by atoms with E-state index in [-0.39, 0.29) is 12.6 Å².